The summed E-state index contributed by atoms with van der Waals surface area (Å²) in [5.74, 6) is 0. The van der Waals surface area contributed by atoms with Gasteiger partial charge < -0.3 is 14.8 Å². The molecule has 102 valence electrons. The third-order valence-corrected chi connectivity index (χ3v) is 3.29. The lowest BCUT2D eigenvalue weighted by molar-refractivity contribution is -0.00856. The van der Waals surface area contributed by atoms with Gasteiger partial charge in [-0.3, -0.25) is 0 Å². The Morgan fingerprint density at radius 3 is 2.72 bits per heavy atom. The summed E-state index contributed by atoms with van der Waals surface area (Å²) in [7, 11) is 1.73. The van der Waals surface area contributed by atoms with Crippen molar-refractivity contribution >= 4 is 21.6 Å². The number of methoxy groups -OCH3 is 1. The monoisotopic (exact) mass is 315 g/mol. The summed E-state index contributed by atoms with van der Waals surface area (Å²) in [6, 6.07) is 8.11. The number of rotatable bonds is 8. The zero-order valence-electron chi connectivity index (χ0n) is 11.3. The third kappa shape index (κ3) is 6.38. The van der Waals surface area contributed by atoms with Crippen LogP contribution in [0.4, 0.5) is 5.69 Å². The first kappa shape index (κ1) is 15.5. The second kappa shape index (κ2) is 7.77. The van der Waals surface area contributed by atoms with Gasteiger partial charge in [0, 0.05) is 30.4 Å². The molecule has 1 N–H and O–H groups in total. The molecule has 0 unspecified atom stereocenters. The van der Waals surface area contributed by atoms with E-state index in [9.17, 15) is 0 Å². The molecule has 18 heavy (non-hydrogen) atoms. The summed E-state index contributed by atoms with van der Waals surface area (Å²) >= 11 is 3.44. The fraction of sp³-hybridized carbons (Fsp3) is 0.571. The van der Waals surface area contributed by atoms with Gasteiger partial charge in [0.25, 0.3) is 0 Å². The molecule has 0 aliphatic heterocycles. The zero-order valence-corrected chi connectivity index (χ0v) is 12.9. The molecule has 0 aliphatic rings. The zero-order chi connectivity index (χ0) is 13.4. The molecule has 4 heteroatoms. The van der Waals surface area contributed by atoms with Crippen LogP contribution in [-0.2, 0) is 9.47 Å². The Hall–Kier alpha value is -0.580. The van der Waals surface area contributed by atoms with Crippen LogP contribution in [0, 0.1) is 0 Å². The second-order valence-electron chi connectivity index (χ2n) is 4.76. The van der Waals surface area contributed by atoms with Gasteiger partial charge in [-0.05, 0) is 38.5 Å². The average molecular weight is 316 g/mol. The van der Waals surface area contributed by atoms with E-state index in [0.29, 0.717) is 6.61 Å². The summed E-state index contributed by atoms with van der Waals surface area (Å²) in [6.45, 7) is 6.36. The summed E-state index contributed by atoms with van der Waals surface area (Å²) in [5, 5.41) is 3.31. The maximum Gasteiger partial charge on any atom is 0.0644 e. The Bertz CT molecular complexity index is 355. The molecule has 1 aromatic carbocycles. The molecule has 0 spiro atoms. The van der Waals surface area contributed by atoms with Crippen molar-refractivity contribution in [3.63, 3.8) is 0 Å². The van der Waals surface area contributed by atoms with Crippen LogP contribution in [0.15, 0.2) is 28.7 Å². The minimum absolute atomic E-state index is 0.0995. The summed E-state index contributed by atoms with van der Waals surface area (Å²) in [4.78, 5) is 0. The van der Waals surface area contributed by atoms with E-state index in [2.05, 4.69) is 35.1 Å². The molecule has 0 fully saturated rings. The predicted octanol–water partition coefficient (Wildman–Crippen LogP) is 3.69. The number of nitrogens with one attached hydrogen (secondary N) is 1. The van der Waals surface area contributed by atoms with E-state index < -0.39 is 0 Å². The number of hydrogen-bond donors (Lipinski definition) is 1. The van der Waals surface area contributed by atoms with Crippen molar-refractivity contribution in [1.82, 2.24) is 0 Å². The van der Waals surface area contributed by atoms with Gasteiger partial charge in [0.05, 0.1) is 12.2 Å². The lowest BCUT2D eigenvalue weighted by atomic mass is 10.1. The smallest absolute Gasteiger partial charge is 0.0644 e. The second-order valence-corrected chi connectivity index (χ2v) is 5.68. The largest absolute Gasteiger partial charge is 0.383 e. The Balaban J connectivity index is 2.09. The van der Waals surface area contributed by atoms with Gasteiger partial charge in [0.2, 0.25) is 0 Å². The molecular formula is C14H22BrNO2. The van der Waals surface area contributed by atoms with Gasteiger partial charge in [0.15, 0.2) is 0 Å². The quantitative estimate of drug-likeness (QED) is 0.742. The molecular weight excluding hydrogens is 294 g/mol. The first-order chi connectivity index (χ1) is 8.53. The fourth-order valence-electron chi connectivity index (χ4n) is 1.39. The molecule has 0 saturated carbocycles. The number of ether oxygens (including phenoxy) is 2. The standard InChI is InChI=1S/C14H22BrNO2/c1-14(2,17-3)7-9-18-10-8-16-13-6-4-5-12(15)11-13/h4-6,11,16H,7-10H2,1-3H3. The van der Waals surface area contributed by atoms with Crippen molar-refractivity contribution in [1.29, 1.82) is 0 Å². The van der Waals surface area contributed by atoms with E-state index >= 15 is 0 Å². The van der Waals surface area contributed by atoms with Gasteiger partial charge >= 0.3 is 0 Å². The van der Waals surface area contributed by atoms with Crippen LogP contribution in [0.2, 0.25) is 0 Å². The average Bonchev–Trinajstić information content (AvgIpc) is 2.34. The van der Waals surface area contributed by atoms with Crippen LogP contribution in [0.3, 0.4) is 0 Å². The number of benzene rings is 1. The van der Waals surface area contributed by atoms with E-state index in [-0.39, 0.29) is 5.60 Å². The first-order valence-electron chi connectivity index (χ1n) is 6.16. The lowest BCUT2D eigenvalue weighted by Gasteiger charge is -2.22. The number of anilines is 1. The van der Waals surface area contributed by atoms with Crippen LogP contribution in [0.1, 0.15) is 20.3 Å². The van der Waals surface area contributed by atoms with Crippen LogP contribution in [-0.4, -0.2) is 32.5 Å². The highest BCUT2D eigenvalue weighted by Gasteiger charge is 2.15. The predicted molar refractivity (Wildman–Crippen MR) is 79.2 cm³/mol. The van der Waals surface area contributed by atoms with Crippen LogP contribution >= 0.6 is 15.9 Å². The first-order valence-corrected chi connectivity index (χ1v) is 6.95. The van der Waals surface area contributed by atoms with Crippen molar-refractivity contribution in [2.24, 2.45) is 0 Å². The minimum atomic E-state index is -0.0995. The Labute approximate surface area is 118 Å². The molecule has 1 rings (SSSR count). The molecule has 0 heterocycles. The van der Waals surface area contributed by atoms with Gasteiger partial charge in [-0.15, -0.1) is 0 Å². The Morgan fingerprint density at radius 1 is 1.28 bits per heavy atom. The molecule has 1 aromatic rings. The molecule has 0 saturated heterocycles. The maximum absolute atomic E-state index is 5.57. The van der Waals surface area contributed by atoms with Crippen LogP contribution in [0.5, 0.6) is 0 Å². The van der Waals surface area contributed by atoms with E-state index in [0.717, 1.165) is 29.7 Å². The van der Waals surface area contributed by atoms with Crippen molar-refractivity contribution in [2.75, 3.05) is 32.2 Å². The Kier molecular flexibility index (Phi) is 6.68. The fourth-order valence-corrected chi connectivity index (χ4v) is 1.79. The van der Waals surface area contributed by atoms with Crippen LogP contribution in [0.25, 0.3) is 0 Å². The molecule has 0 aromatic heterocycles. The molecule has 0 radical (unpaired) electrons. The summed E-state index contributed by atoms with van der Waals surface area (Å²) < 4.78 is 12.0. The van der Waals surface area contributed by atoms with Gasteiger partial charge in [-0.2, -0.15) is 0 Å². The number of hydrogen-bond acceptors (Lipinski definition) is 3. The SMILES string of the molecule is COC(C)(C)CCOCCNc1cccc(Br)c1. The van der Waals surface area contributed by atoms with Crippen molar-refractivity contribution in [3.8, 4) is 0 Å². The third-order valence-electron chi connectivity index (χ3n) is 2.80. The molecule has 3 nitrogen and oxygen atoms in total. The summed E-state index contributed by atoms with van der Waals surface area (Å²) in [6.07, 6.45) is 0.903. The van der Waals surface area contributed by atoms with Crippen LogP contribution < -0.4 is 5.32 Å². The van der Waals surface area contributed by atoms with Gasteiger partial charge in [0.1, 0.15) is 0 Å². The molecule has 0 atom stereocenters. The van der Waals surface area contributed by atoms with Crippen molar-refractivity contribution < 1.29 is 9.47 Å². The van der Waals surface area contributed by atoms with Crippen molar-refractivity contribution in [2.45, 2.75) is 25.9 Å². The topological polar surface area (TPSA) is 30.5 Å². The van der Waals surface area contributed by atoms with E-state index in [1.807, 2.05) is 24.3 Å². The highest BCUT2D eigenvalue weighted by atomic mass is 79.9. The molecule has 0 amide bonds. The number of halogens is 1. The molecule has 0 aliphatic carbocycles. The normalized spacial score (nSPS) is 11.6. The highest BCUT2D eigenvalue weighted by Crippen LogP contribution is 2.15. The van der Waals surface area contributed by atoms with Gasteiger partial charge in [-0.1, -0.05) is 22.0 Å². The van der Waals surface area contributed by atoms with E-state index in [4.69, 9.17) is 9.47 Å². The highest BCUT2D eigenvalue weighted by molar-refractivity contribution is 9.10. The maximum atomic E-state index is 5.57. The molecule has 0 bridgehead atoms. The van der Waals surface area contributed by atoms with Crippen molar-refractivity contribution in [3.05, 3.63) is 28.7 Å². The Morgan fingerprint density at radius 2 is 2.06 bits per heavy atom. The van der Waals surface area contributed by atoms with E-state index in [1.165, 1.54) is 0 Å². The van der Waals surface area contributed by atoms with E-state index in [1.54, 1.807) is 7.11 Å². The summed E-state index contributed by atoms with van der Waals surface area (Å²) in [5.41, 5.74) is 1.00. The van der Waals surface area contributed by atoms with Gasteiger partial charge in [-0.25, -0.2) is 0 Å². The lowest BCUT2D eigenvalue weighted by Crippen LogP contribution is -2.25. The minimum Gasteiger partial charge on any atom is -0.383 e.